The fourth-order valence-corrected chi connectivity index (χ4v) is 4.94. The second-order valence-electron chi connectivity index (χ2n) is 5.85. The number of carbonyl (C=O) groups excluding carboxylic acids is 1. The Labute approximate surface area is 135 Å². The summed E-state index contributed by atoms with van der Waals surface area (Å²) in [5.41, 5.74) is -0.202. The second kappa shape index (κ2) is 5.58. The molecule has 2 N–H and O–H groups in total. The van der Waals surface area contributed by atoms with Crippen molar-refractivity contribution in [3.63, 3.8) is 0 Å². The molecule has 0 spiro atoms. The van der Waals surface area contributed by atoms with Crippen molar-refractivity contribution in [1.82, 2.24) is 4.90 Å². The summed E-state index contributed by atoms with van der Waals surface area (Å²) in [4.78, 5) is 25.8. The highest BCUT2D eigenvalue weighted by Crippen LogP contribution is 2.48. The van der Waals surface area contributed by atoms with Crippen LogP contribution in [0.3, 0.4) is 0 Å². The Bertz CT molecular complexity index is 727. The first-order chi connectivity index (χ1) is 10.9. The highest BCUT2D eigenvalue weighted by molar-refractivity contribution is 7.89. The first-order valence-corrected chi connectivity index (χ1v) is 8.46. The molecular weight excluding hydrogens is 318 g/mol. The molecule has 1 amide bonds. The molecule has 2 aliphatic rings. The first kappa shape index (κ1) is 15.9. The number of hydrogen-bond donors (Lipinski definition) is 2. The number of hydrogen-bond acceptors (Lipinski definition) is 4. The van der Waals surface area contributed by atoms with Crippen LogP contribution in [0.15, 0.2) is 45.8 Å². The van der Waals surface area contributed by atoms with E-state index in [4.69, 9.17) is 0 Å². The topological polar surface area (TPSA) is 94.9 Å². The Balaban J connectivity index is 2.07. The number of β-lactam (4-membered cyclic amide) rings is 1. The van der Waals surface area contributed by atoms with E-state index in [1.54, 1.807) is 37.3 Å². The quantitative estimate of drug-likeness (QED) is 0.799. The number of carboxylic acid groups (broad SMARTS) is 1. The molecule has 1 fully saturated rings. The van der Waals surface area contributed by atoms with Gasteiger partial charge >= 0.3 is 5.97 Å². The summed E-state index contributed by atoms with van der Waals surface area (Å²) in [6.07, 6.45) is -0.870. The lowest BCUT2D eigenvalue weighted by Crippen LogP contribution is -2.63. The van der Waals surface area contributed by atoms with Gasteiger partial charge in [0.2, 0.25) is 5.91 Å². The average Bonchev–Trinajstić information content (AvgIpc) is 2.76. The summed E-state index contributed by atoms with van der Waals surface area (Å²) in [5, 5.41) is 19.3. The minimum absolute atomic E-state index is 0.202. The summed E-state index contributed by atoms with van der Waals surface area (Å²) in [5.74, 6) is -2.73. The molecule has 7 heteroatoms. The van der Waals surface area contributed by atoms with Crippen molar-refractivity contribution < 1.29 is 24.0 Å². The summed E-state index contributed by atoms with van der Waals surface area (Å²) in [6.45, 7) is 3.27. The number of nitrogens with zero attached hydrogens (tertiary/aromatic N) is 1. The van der Waals surface area contributed by atoms with Gasteiger partial charge in [-0.2, -0.15) is 0 Å². The third kappa shape index (κ3) is 2.22. The first-order valence-electron chi connectivity index (χ1n) is 7.31. The van der Waals surface area contributed by atoms with Crippen molar-refractivity contribution >= 4 is 22.7 Å². The molecule has 0 aliphatic carbocycles. The van der Waals surface area contributed by atoms with Crippen LogP contribution in [-0.4, -0.2) is 43.3 Å². The van der Waals surface area contributed by atoms with E-state index < -0.39 is 40.7 Å². The third-order valence-electron chi connectivity index (χ3n) is 4.47. The lowest BCUT2D eigenvalue weighted by molar-refractivity contribution is -0.163. The number of carbonyl (C=O) groups is 2. The van der Waals surface area contributed by atoms with Gasteiger partial charge in [-0.05, 0) is 19.1 Å². The number of aliphatic carboxylic acids is 1. The molecule has 122 valence electrons. The summed E-state index contributed by atoms with van der Waals surface area (Å²) >= 11 is 0. The van der Waals surface area contributed by atoms with E-state index >= 15 is 0 Å². The Hall–Kier alpha value is -1.99. The van der Waals surface area contributed by atoms with Gasteiger partial charge in [0.1, 0.15) is 5.70 Å². The smallest absolute Gasteiger partial charge is 0.353 e. The van der Waals surface area contributed by atoms with Gasteiger partial charge in [-0.3, -0.25) is 4.79 Å². The van der Waals surface area contributed by atoms with E-state index in [0.717, 1.165) is 0 Å². The molecule has 1 aromatic rings. The van der Waals surface area contributed by atoms with Crippen molar-refractivity contribution in [2.24, 2.45) is 11.8 Å². The van der Waals surface area contributed by atoms with Crippen LogP contribution in [0.1, 0.15) is 13.8 Å². The van der Waals surface area contributed by atoms with Crippen LogP contribution >= 0.6 is 0 Å². The highest BCUT2D eigenvalue weighted by Gasteiger charge is 2.60. The van der Waals surface area contributed by atoms with E-state index in [1.165, 1.54) is 11.8 Å². The molecular formula is C16H17NO5S. The average molecular weight is 335 g/mol. The van der Waals surface area contributed by atoms with E-state index in [9.17, 15) is 24.0 Å². The Kier molecular flexibility index (Phi) is 3.85. The van der Waals surface area contributed by atoms with Gasteiger partial charge < -0.3 is 15.1 Å². The van der Waals surface area contributed by atoms with Crippen molar-refractivity contribution in [2.45, 2.75) is 30.9 Å². The minimum atomic E-state index is -1.66. The van der Waals surface area contributed by atoms with E-state index in [1.807, 2.05) is 0 Å². The van der Waals surface area contributed by atoms with Gasteiger partial charge in [0.25, 0.3) is 0 Å². The summed E-state index contributed by atoms with van der Waals surface area (Å²) in [6, 6.07) is 8.12. The number of fused-ring (bicyclic) bond motifs is 1. The summed E-state index contributed by atoms with van der Waals surface area (Å²) in [7, 11) is -1.66. The van der Waals surface area contributed by atoms with Gasteiger partial charge in [-0.15, -0.1) is 0 Å². The van der Waals surface area contributed by atoms with Crippen LogP contribution in [0.25, 0.3) is 0 Å². The van der Waals surface area contributed by atoms with Crippen molar-refractivity contribution in [1.29, 1.82) is 0 Å². The van der Waals surface area contributed by atoms with Crippen molar-refractivity contribution in [3.05, 3.63) is 40.9 Å². The fourth-order valence-electron chi connectivity index (χ4n) is 3.44. The molecule has 1 saturated heterocycles. The van der Waals surface area contributed by atoms with Crippen LogP contribution in [-0.2, 0) is 20.4 Å². The standard InChI is InChI=1S/C16H17NO5S/c1-8-12-11(9(2)18)15(19)17(12)13(16(20)21)14(8)23(22)10-6-4-3-5-7-10/h3-9,11-12,18H,1-2H3,(H,20,21)/t8-,9-,11-,12-,23?/m1/s1. The van der Waals surface area contributed by atoms with Crippen LogP contribution in [0, 0.1) is 11.8 Å². The zero-order valence-electron chi connectivity index (χ0n) is 12.7. The third-order valence-corrected chi connectivity index (χ3v) is 6.13. The Morgan fingerprint density at radius 1 is 1.30 bits per heavy atom. The SMILES string of the molecule is C[C@@H](O)[C@H]1C(=O)N2C(C(=O)O)=C(S(=O)c3ccccc3)[C@H](C)[C@H]12. The molecule has 6 nitrogen and oxygen atoms in total. The number of aliphatic hydroxyl groups excluding tert-OH is 1. The van der Waals surface area contributed by atoms with Crippen LogP contribution in [0.4, 0.5) is 0 Å². The van der Waals surface area contributed by atoms with Gasteiger partial charge in [-0.25, -0.2) is 9.00 Å². The predicted octanol–water partition coefficient (Wildman–Crippen LogP) is 0.948. The maximum atomic E-state index is 12.9. The van der Waals surface area contributed by atoms with Gasteiger partial charge in [-0.1, -0.05) is 25.1 Å². The zero-order valence-corrected chi connectivity index (χ0v) is 13.5. The van der Waals surface area contributed by atoms with Crippen molar-refractivity contribution in [2.75, 3.05) is 0 Å². The molecule has 0 bridgehead atoms. The molecule has 0 aromatic heterocycles. The fraction of sp³-hybridized carbons (Fsp3) is 0.375. The Morgan fingerprint density at radius 2 is 1.91 bits per heavy atom. The molecule has 5 atom stereocenters. The second-order valence-corrected chi connectivity index (χ2v) is 7.30. The zero-order chi connectivity index (χ0) is 16.9. The molecule has 3 rings (SSSR count). The number of amides is 1. The largest absolute Gasteiger partial charge is 0.477 e. The van der Waals surface area contributed by atoms with E-state index in [0.29, 0.717) is 4.90 Å². The number of carboxylic acids is 1. The molecule has 2 heterocycles. The number of benzene rings is 1. The molecule has 1 unspecified atom stereocenters. The van der Waals surface area contributed by atoms with Gasteiger partial charge in [0.15, 0.2) is 0 Å². The molecule has 2 aliphatic heterocycles. The molecule has 1 aromatic carbocycles. The molecule has 0 radical (unpaired) electrons. The monoisotopic (exact) mass is 335 g/mol. The lowest BCUT2D eigenvalue weighted by atomic mass is 9.79. The maximum absolute atomic E-state index is 12.9. The highest BCUT2D eigenvalue weighted by atomic mass is 32.2. The lowest BCUT2D eigenvalue weighted by Gasteiger charge is -2.46. The Morgan fingerprint density at radius 3 is 2.43 bits per heavy atom. The van der Waals surface area contributed by atoms with Gasteiger partial charge in [0.05, 0.1) is 33.8 Å². The van der Waals surface area contributed by atoms with Gasteiger partial charge in [0, 0.05) is 10.8 Å². The normalized spacial score (nSPS) is 29.1. The maximum Gasteiger partial charge on any atom is 0.353 e. The number of aliphatic hydroxyl groups is 1. The summed E-state index contributed by atoms with van der Waals surface area (Å²) < 4.78 is 12.9. The predicted molar refractivity (Wildman–Crippen MR) is 82.5 cm³/mol. The van der Waals surface area contributed by atoms with Crippen LogP contribution in [0.2, 0.25) is 0 Å². The molecule has 0 saturated carbocycles. The van der Waals surface area contributed by atoms with E-state index in [-0.39, 0.29) is 16.5 Å². The van der Waals surface area contributed by atoms with Crippen LogP contribution < -0.4 is 0 Å². The van der Waals surface area contributed by atoms with E-state index in [2.05, 4.69) is 0 Å². The number of rotatable bonds is 4. The minimum Gasteiger partial charge on any atom is -0.477 e. The molecule has 23 heavy (non-hydrogen) atoms. The van der Waals surface area contributed by atoms with Crippen molar-refractivity contribution in [3.8, 4) is 0 Å². The van der Waals surface area contributed by atoms with Crippen LogP contribution in [0.5, 0.6) is 0 Å².